The molecule has 1 heterocycles. The third-order valence-electron chi connectivity index (χ3n) is 5.14. The average Bonchev–Trinajstić information content (AvgIpc) is 3.23. The Morgan fingerprint density at radius 2 is 1.67 bits per heavy atom. The number of ether oxygens (including phenoxy) is 1. The van der Waals surface area contributed by atoms with Gasteiger partial charge >= 0.3 is 12.0 Å². The highest BCUT2D eigenvalue weighted by atomic mass is 16.5. The molecular weight excluding hydrogens is 392 g/mol. The summed E-state index contributed by atoms with van der Waals surface area (Å²) in [4.78, 5) is 61.0. The van der Waals surface area contributed by atoms with Crippen LogP contribution < -0.4 is 16.0 Å². The maximum atomic E-state index is 12.6. The van der Waals surface area contributed by atoms with E-state index in [1.807, 2.05) is 0 Å². The van der Waals surface area contributed by atoms with Crippen molar-refractivity contribution >= 4 is 41.1 Å². The summed E-state index contributed by atoms with van der Waals surface area (Å²) in [7, 11) is 0. The molecule has 10 heteroatoms. The second-order valence-electron chi connectivity index (χ2n) is 7.49. The number of hydrogen-bond acceptors (Lipinski definition) is 6. The topological polar surface area (TPSA) is 134 Å². The lowest BCUT2D eigenvalue weighted by atomic mass is 9.98. The molecule has 1 saturated carbocycles. The van der Waals surface area contributed by atoms with Gasteiger partial charge < -0.3 is 20.7 Å². The highest BCUT2D eigenvalue weighted by molar-refractivity contribution is 6.09. The van der Waals surface area contributed by atoms with Crippen molar-refractivity contribution in [3.05, 3.63) is 24.3 Å². The molecule has 10 nitrogen and oxygen atoms in total. The maximum Gasteiger partial charge on any atom is 0.327 e. The molecule has 0 unspecified atom stereocenters. The van der Waals surface area contributed by atoms with Crippen LogP contribution in [0.3, 0.4) is 0 Å². The number of carbonyl (C=O) groups is 5. The van der Waals surface area contributed by atoms with Gasteiger partial charge in [0.05, 0.1) is 0 Å². The Labute approximate surface area is 173 Å². The Morgan fingerprint density at radius 1 is 1.10 bits per heavy atom. The second kappa shape index (κ2) is 8.52. The number of esters is 1. The largest absolute Gasteiger partial charge is 0.451 e. The predicted octanol–water partition coefficient (Wildman–Crippen LogP) is 1.38. The van der Waals surface area contributed by atoms with Gasteiger partial charge in [-0.3, -0.25) is 24.1 Å². The van der Waals surface area contributed by atoms with Crippen LogP contribution in [0.1, 0.15) is 39.5 Å². The van der Waals surface area contributed by atoms with E-state index in [4.69, 9.17) is 4.74 Å². The first-order valence-electron chi connectivity index (χ1n) is 9.72. The average molecular weight is 416 g/mol. The summed E-state index contributed by atoms with van der Waals surface area (Å²) in [5.74, 6) is -2.05. The minimum Gasteiger partial charge on any atom is -0.451 e. The van der Waals surface area contributed by atoms with E-state index in [0.29, 0.717) is 24.2 Å². The van der Waals surface area contributed by atoms with E-state index in [1.165, 1.54) is 13.8 Å². The van der Waals surface area contributed by atoms with E-state index in [0.717, 1.165) is 17.7 Å². The van der Waals surface area contributed by atoms with Crippen LogP contribution in [0.2, 0.25) is 0 Å². The number of amides is 5. The standard InChI is InChI=1S/C20H24N4O6/c1-12(17(27)22-15-7-5-14(6-8-15)21-13(2)25)30-16(26)11-24-18(28)20(23-19(24)29)9-3-4-10-20/h5-8,12H,3-4,9-11H2,1-2H3,(H,21,25)(H,22,27)(H,23,29)/t12-/m0/s1. The van der Waals surface area contributed by atoms with E-state index in [2.05, 4.69) is 16.0 Å². The molecule has 30 heavy (non-hydrogen) atoms. The molecule has 1 saturated heterocycles. The molecule has 160 valence electrons. The molecule has 3 rings (SSSR count). The number of carbonyl (C=O) groups excluding carboxylic acids is 5. The molecule has 1 aliphatic heterocycles. The third-order valence-corrected chi connectivity index (χ3v) is 5.14. The minimum absolute atomic E-state index is 0.212. The molecule has 3 N–H and O–H groups in total. The second-order valence-corrected chi connectivity index (χ2v) is 7.49. The van der Waals surface area contributed by atoms with E-state index in [1.54, 1.807) is 24.3 Å². The Morgan fingerprint density at radius 3 is 2.23 bits per heavy atom. The number of nitrogens with one attached hydrogen (secondary N) is 3. The summed E-state index contributed by atoms with van der Waals surface area (Å²) < 4.78 is 5.09. The van der Waals surface area contributed by atoms with Crippen molar-refractivity contribution in [2.75, 3.05) is 17.2 Å². The van der Waals surface area contributed by atoms with Gasteiger partial charge in [0.2, 0.25) is 5.91 Å². The molecule has 1 aromatic rings. The monoisotopic (exact) mass is 416 g/mol. The van der Waals surface area contributed by atoms with E-state index >= 15 is 0 Å². The van der Waals surface area contributed by atoms with Gasteiger partial charge in [0, 0.05) is 18.3 Å². The number of rotatable bonds is 6. The summed E-state index contributed by atoms with van der Waals surface area (Å²) in [6.45, 7) is 2.23. The number of imide groups is 1. The summed E-state index contributed by atoms with van der Waals surface area (Å²) in [5.41, 5.74) is 0.131. The Bertz CT molecular complexity index is 876. The van der Waals surface area contributed by atoms with Crippen molar-refractivity contribution in [1.82, 2.24) is 10.2 Å². The first-order valence-corrected chi connectivity index (χ1v) is 9.72. The SMILES string of the molecule is CC(=O)Nc1ccc(NC(=O)[C@H](C)OC(=O)CN2C(=O)NC3(CCCC3)C2=O)cc1. The first kappa shape index (κ1) is 21.3. The van der Waals surface area contributed by atoms with Crippen LogP contribution in [0, 0.1) is 0 Å². The van der Waals surface area contributed by atoms with Gasteiger partial charge in [-0.15, -0.1) is 0 Å². The lowest BCUT2D eigenvalue weighted by molar-refractivity contribution is -0.155. The number of benzene rings is 1. The zero-order valence-electron chi connectivity index (χ0n) is 16.8. The van der Waals surface area contributed by atoms with E-state index in [-0.39, 0.29) is 5.91 Å². The molecule has 1 spiro atoms. The van der Waals surface area contributed by atoms with Gasteiger partial charge in [0.25, 0.3) is 11.8 Å². The molecule has 5 amide bonds. The lowest BCUT2D eigenvalue weighted by Crippen LogP contribution is -2.44. The maximum absolute atomic E-state index is 12.6. The lowest BCUT2D eigenvalue weighted by Gasteiger charge is -2.20. The zero-order valence-corrected chi connectivity index (χ0v) is 16.8. The van der Waals surface area contributed by atoms with Crippen LogP contribution in [-0.4, -0.2) is 52.8 Å². The van der Waals surface area contributed by atoms with Gasteiger partial charge in [-0.05, 0) is 44.0 Å². The molecule has 2 fully saturated rings. The number of nitrogens with zero attached hydrogens (tertiary/aromatic N) is 1. The fourth-order valence-electron chi connectivity index (χ4n) is 3.64. The number of anilines is 2. The Kier molecular flexibility index (Phi) is 6.04. The molecule has 0 radical (unpaired) electrons. The van der Waals surface area contributed by atoms with Crippen molar-refractivity contribution in [3.63, 3.8) is 0 Å². The summed E-state index contributed by atoms with van der Waals surface area (Å²) >= 11 is 0. The fourth-order valence-corrected chi connectivity index (χ4v) is 3.64. The Hall–Kier alpha value is -3.43. The van der Waals surface area contributed by atoms with Crippen molar-refractivity contribution in [2.45, 2.75) is 51.2 Å². The molecule has 2 aliphatic rings. The molecule has 1 atom stereocenters. The Balaban J connectivity index is 1.51. The van der Waals surface area contributed by atoms with Crippen LogP contribution >= 0.6 is 0 Å². The van der Waals surface area contributed by atoms with Gasteiger partial charge in [-0.1, -0.05) is 12.8 Å². The van der Waals surface area contributed by atoms with Gasteiger partial charge in [-0.25, -0.2) is 4.79 Å². The third kappa shape index (κ3) is 4.58. The summed E-state index contributed by atoms with van der Waals surface area (Å²) in [6, 6.07) is 5.79. The first-order chi connectivity index (χ1) is 14.2. The fraction of sp³-hybridized carbons (Fsp3) is 0.450. The smallest absolute Gasteiger partial charge is 0.327 e. The minimum atomic E-state index is -1.13. The molecule has 0 aromatic heterocycles. The zero-order chi connectivity index (χ0) is 21.9. The van der Waals surface area contributed by atoms with Crippen LogP contribution in [0.15, 0.2) is 24.3 Å². The van der Waals surface area contributed by atoms with E-state index < -0.39 is 42.0 Å². The van der Waals surface area contributed by atoms with Crippen molar-refractivity contribution in [2.24, 2.45) is 0 Å². The van der Waals surface area contributed by atoms with Gasteiger partial charge in [-0.2, -0.15) is 0 Å². The predicted molar refractivity (Wildman–Crippen MR) is 106 cm³/mol. The molecule has 1 aromatic carbocycles. The van der Waals surface area contributed by atoms with Crippen molar-refractivity contribution < 1.29 is 28.7 Å². The highest BCUT2D eigenvalue weighted by Crippen LogP contribution is 2.34. The van der Waals surface area contributed by atoms with Crippen molar-refractivity contribution in [3.8, 4) is 0 Å². The summed E-state index contributed by atoms with van der Waals surface area (Å²) in [5, 5.41) is 7.88. The van der Waals surface area contributed by atoms with E-state index in [9.17, 15) is 24.0 Å². The van der Waals surface area contributed by atoms with Gasteiger partial charge in [0.15, 0.2) is 6.10 Å². The van der Waals surface area contributed by atoms with Crippen molar-refractivity contribution in [1.29, 1.82) is 0 Å². The normalized spacial score (nSPS) is 18.1. The number of hydrogen-bond donors (Lipinski definition) is 3. The van der Waals surface area contributed by atoms with Crippen LogP contribution in [-0.2, 0) is 23.9 Å². The van der Waals surface area contributed by atoms with Crippen LogP contribution in [0.25, 0.3) is 0 Å². The molecule has 0 bridgehead atoms. The van der Waals surface area contributed by atoms with Gasteiger partial charge in [0.1, 0.15) is 12.1 Å². The van der Waals surface area contributed by atoms with Crippen LogP contribution in [0.5, 0.6) is 0 Å². The number of urea groups is 1. The van der Waals surface area contributed by atoms with Crippen LogP contribution in [0.4, 0.5) is 16.2 Å². The quantitative estimate of drug-likeness (QED) is 0.474. The summed E-state index contributed by atoms with van der Waals surface area (Å²) in [6.07, 6.45) is 1.67. The molecular formula is C20H24N4O6. The highest BCUT2D eigenvalue weighted by Gasteiger charge is 2.52. The molecule has 1 aliphatic carbocycles.